The molecule has 0 bridgehead atoms. The molecule has 1 amide bonds. The summed E-state index contributed by atoms with van der Waals surface area (Å²) in [6.07, 6.45) is 2.06. The lowest BCUT2D eigenvalue weighted by molar-refractivity contribution is 0.164. The van der Waals surface area contributed by atoms with Crippen LogP contribution >= 0.6 is 11.3 Å². The van der Waals surface area contributed by atoms with E-state index in [0.717, 1.165) is 4.68 Å². The highest BCUT2D eigenvalue weighted by Gasteiger charge is 2.11. The molecule has 0 aromatic carbocycles. The Balaban J connectivity index is 2.14. The fourth-order valence-corrected chi connectivity index (χ4v) is 1.98. The number of thiazole rings is 1. The molecule has 2 N–H and O–H groups in total. The number of rotatable bonds is 5. The molecule has 0 saturated heterocycles. The standard InChI is InChI=1S/C10H10FN5O3S/c11-3-7(5-19-8(12)17)4-16-10(18)15(6-14-16)9-13-1-2-20-9/h1-3,6H,4-5H2,(H2,12,17). The van der Waals surface area contributed by atoms with Crippen LogP contribution < -0.4 is 11.4 Å². The second-order valence-corrected chi connectivity index (χ2v) is 4.50. The summed E-state index contributed by atoms with van der Waals surface area (Å²) < 4.78 is 19.4. The zero-order valence-corrected chi connectivity index (χ0v) is 10.9. The first-order valence-corrected chi connectivity index (χ1v) is 6.24. The number of primary amides is 1. The van der Waals surface area contributed by atoms with E-state index >= 15 is 0 Å². The van der Waals surface area contributed by atoms with Gasteiger partial charge in [-0.25, -0.2) is 28.2 Å². The van der Waals surface area contributed by atoms with Crippen molar-refractivity contribution in [2.75, 3.05) is 6.61 Å². The van der Waals surface area contributed by atoms with Crippen LogP contribution in [-0.4, -0.2) is 32.0 Å². The highest BCUT2D eigenvalue weighted by Crippen LogP contribution is 2.07. The van der Waals surface area contributed by atoms with Gasteiger partial charge in [0.1, 0.15) is 12.9 Å². The summed E-state index contributed by atoms with van der Waals surface area (Å²) >= 11 is 1.27. The average Bonchev–Trinajstić information content (AvgIpc) is 3.04. The van der Waals surface area contributed by atoms with Crippen molar-refractivity contribution in [3.05, 3.63) is 40.3 Å². The molecule has 0 aliphatic carbocycles. The molecule has 2 aromatic rings. The van der Waals surface area contributed by atoms with Gasteiger partial charge in [0.2, 0.25) is 0 Å². The summed E-state index contributed by atoms with van der Waals surface area (Å²) in [5.74, 6) is 0. The molecular weight excluding hydrogens is 289 g/mol. The Kier molecular flexibility index (Phi) is 4.25. The van der Waals surface area contributed by atoms with Crippen LogP contribution in [0.4, 0.5) is 9.18 Å². The van der Waals surface area contributed by atoms with Crippen LogP contribution in [-0.2, 0) is 11.3 Å². The number of halogens is 1. The fourth-order valence-electron chi connectivity index (χ4n) is 1.38. The van der Waals surface area contributed by atoms with Crippen LogP contribution in [0.2, 0.25) is 0 Å². The monoisotopic (exact) mass is 299 g/mol. The van der Waals surface area contributed by atoms with Gasteiger partial charge >= 0.3 is 11.8 Å². The van der Waals surface area contributed by atoms with Crippen molar-refractivity contribution in [3.63, 3.8) is 0 Å². The highest BCUT2D eigenvalue weighted by molar-refractivity contribution is 7.12. The lowest BCUT2D eigenvalue weighted by atomic mass is 10.3. The van der Waals surface area contributed by atoms with Gasteiger partial charge in [0.05, 0.1) is 12.9 Å². The molecule has 0 aliphatic rings. The third kappa shape index (κ3) is 3.09. The van der Waals surface area contributed by atoms with Crippen LogP contribution in [0.25, 0.3) is 5.13 Å². The number of nitrogens with two attached hydrogens (primary N) is 1. The maximum Gasteiger partial charge on any atom is 0.404 e. The Bertz CT molecular complexity index is 675. The summed E-state index contributed by atoms with van der Waals surface area (Å²) in [5.41, 5.74) is 4.36. The van der Waals surface area contributed by atoms with E-state index in [1.807, 2.05) is 0 Å². The van der Waals surface area contributed by atoms with Crippen molar-refractivity contribution in [1.82, 2.24) is 19.3 Å². The van der Waals surface area contributed by atoms with Crippen molar-refractivity contribution in [3.8, 4) is 5.13 Å². The number of hydrogen-bond acceptors (Lipinski definition) is 6. The number of amides is 1. The van der Waals surface area contributed by atoms with Gasteiger partial charge in [0.25, 0.3) is 0 Å². The first-order chi connectivity index (χ1) is 9.61. The summed E-state index contributed by atoms with van der Waals surface area (Å²) in [5, 5.41) is 6.01. The van der Waals surface area contributed by atoms with Gasteiger partial charge in [-0.1, -0.05) is 0 Å². The van der Waals surface area contributed by atoms with Gasteiger partial charge in [-0.2, -0.15) is 5.10 Å². The molecule has 0 unspecified atom stereocenters. The number of ether oxygens (including phenoxy) is 1. The number of carbonyl (C=O) groups is 1. The summed E-state index contributed by atoms with van der Waals surface area (Å²) in [6, 6.07) is 0. The first-order valence-electron chi connectivity index (χ1n) is 5.36. The summed E-state index contributed by atoms with van der Waals surface area (Å²) in [6.45, 7) is -0.497. The van der Waals surface area contributed by atoms with Crippen molar-refractivity contribution in [1.29, 1.82) is 0 Å². The number of carbonyl (C=O) groups excluding carboxylic acids is 1. The van der Waals surface area contributed by atoms with E-state index in [1.165, 1.54) is 22.2 Å². The van der Waals surface area contributed by atoms with Crippen LogP contribution in [0.5, 0.6) is 0 Å². The third-order valence-electron chi connectivity index (χ3n) is 2.27. The van der Waals surface area contributed by atoms with Crippen molar-refractivity contribution < 1.29 is 13.9 Å². The normalized spacial score (nSPS) is 11.6. The second-order valence-electron chi connectivity index (χ2n) is 3.63. The molecule has 2 rings (SSSR count). The zero-order chi connectivity index (χ0) is 14.5. The maximum atomic E-state index is 12.7. The summed E-state index contributed by atoms with van der Waals surface area (Å²) in [7, 11) is 0. The predicted octanol–water partition coefficient (Wildman–Crippen LogP) is 0.439. The van der Waals surface area contributed by atoms with E-state index in [4.69, 9.17) is 5.73 Å². The third-order valence-corrected chi connectivity index (χ3v) is 3.04. The Hall–Kier alpha value is -2.49. The lowest BCUT2D eigenvalue weighted by Gasteiger charge is -2.04. The molecule has 0 aliphatic heterocycles. The van der Waals surface area contributed by atoms with Gasteiger partial charge in [-0.15, -0.1) is 11.3 Å². The number of aromatic nitrogens is 4. The predicted molar refractivity (Wildman–Crippen MR) is 68.2 cm³/mol. The smallest absolute Gasteiger partial charge is 0.404 e. The van der Waals surface area contributed by atoms with Crippen molar-refractivity contribution in [2.45, 2.75) is 6.54 Å². The van der Waals surface area contributed by atoms with Crippen molar-refractivity contribution in [2.24, 2.45) is 5.73 Å². The molecular formula is C10H10FN5O3S. The topological polar surface area (TPSA) is 105 Å². The molecule has 2 heterocycles. The van der Waals surface area contributed by atoms with Gasteiger partial charge in [0, 0.05) is 17.2 Å². The van der Waals surface area contributed by atoms with Crippen LogP contribution in [0, 0.1) is 0 Å². The van der Waals surface area contributed by atoms with Gasteiger partial charge < -0.3 is 10.5 Å². The average molecular weight is 299 g/mol. The Morgan fingerprint density at radius 1 is 1.60 bits per heavy atom. The van der Waals surface area contributed by atoms with E-state index in [0.29, 0.717) is 5.13 Å². The fraction of sp³-hybridized carbons (Fsp3) is 0.200. The van der Waals surface area contributed by atoms with Gasteiger partial charge in [0.15, 0.2) is 5.13 Å². The Morgan fingerprint density at radius 2 is 2.40 bits per heavy atom. The van der Waals surface area contributed by atoms with Crippen molar-refractivity contribution >= 4 is 17.4 Å². The molecule has 0 radical (unpaired) electrons. The van der Waals surface area contributed by atoms with Crippen LogP contribution in [0.15, 0.2) is 34.6 Å². The SMILES string of the molecule is NC(=O)OCC(=CF)Cn1ncn(-c2nccs2)c1=O. The number of hydrogen-bond donors (Lipinski definition) is 1. The molecule has 0 fully saturated rings. The van der Waals surface area contributed by atoms with E-state index < -0.39 is 11.8 Å². The van der Waals surface area contributed by atoms with E-state index in [-0.39, 0.29) is 25.1 Å². The molecule has 0 saturated carbocycles. The first kappa shape index (κ1) is 13.9. The molecule has 0 atom stereocenters. The Morgan fingerprint density at radius 3 is 3.00 bits per heavy atom. The maximum absolute atomic E-state index is 12.7. The van der Waals surface area contributed by atoms with E-state index in [2.05, 4.69) is 14.8 Å². The molecule has 106 valence electrons. The number of nitrogens with zero attached hydrogens (tertiary/aromatic N) is 4. The van der Waals surface area contributed by atoms with Crippen LogP contribution in [0.1, 0.15) is 0 Å². The minimum absolute atomic E-state index is 0.0512. The molecule has 0 spiro atoms. The second kappa shape index (κ2) is 6.10. The van der Waals surface area contributed by atoms with E-state index in [9.17, 15) is 14.0 Å². The Labute approximate surface area is 115 Å². The largest absolute Gasteiger partial charge is 0.445 e. The minimum Gasteiger partial charge on any atom is -0.445 e. The molecule has 10 heteroatoms. The van der Waals surface area contributed by atoms with E-state index in [1.54, 1.807) is 11.6 Å². The van der Waals surface area contributed by atoms with Crippen LogP contribution in [0.3, 0.4) is 0 Å². The highest BCUT2D eigenvalue weighted by atomic mass is 32.1. The van der Waals surface area contributed by atoms with Gasteiger partial charge in [-0.3, -0.25) is 0 Å². The lowest BCUT2D eigenvalue weighted by Crippen LogP contribution is -2.26. The summed E-state index contributed by atoms with van der Waals surface area (Å²) in [4.78, 5) is 26.4. The molecule has 20 heavy (non-hydrogen) atoms. The molecule has 2 aromatic heterocycles. The quantitative estimate of drug-likeness (QED) is 0.862. The van der Waals surface area contributed by atoms with Gasteiger partial charge in [-0.05, 0) is 0 Å². The minimum atomic E-state index is -1.02. The zero-order valence-electron chi connectivity index (χ0n) is 10.1. The molecule has 8 nitrogen and oxygen atoms in total.